The molecule has 1 aliphatic heterocycles. The van der Waals surface area contributed by atoms with Gasteiger partial charge in [-0.3, -0.25) is 0 Å². The van der Waals surface area contributed by atoms with Gasteiger partial charge in [-0.15, -0.1) is 0 Å². The molecule has 0 aromatic heterocycles. The van der Waals surface area contributed by atoms with E-state index in [0.29, 0.717) is 22.6 Å². The molecule has 2 N–H and O–H groups in total. The molecule has 1 heterocycles. The number of fused-ring (bicyclic) bond motifs is 1. The molecule has 6 nitrogen and oxygen atoms in total. The molecule has 3 aromatic carbocycles. The topological polar surface area (TPSA) is 94.6 Å². The molecule has 0 saturated heterocycles. The van der Waals surface area contributed by atoms with Crippen molar-refractivity contribution in [2.75, 3.05) is 6.61 Å². The van der Waals surface area contributed by atoms with Gasteiger partial charge in [-0.2, -0.15) is 5.26 Å². The molecule has 32 heavy (non-hydrogen) atoms. The first kappa shape index (κ1) is 20.9. The van der Waals surface area contributed by atoms with E-state index in [1.54, 1.807) is 30.3 Å². The van der Waals surface area contributed by atoms with Gasteiger partial charge in [0.1, 0.15) is 34.7 Å². The van der Waals surface area contributed by atoms with E-state index in [2.05, 4.69) is 6.07 Å². The smallest absolute Gasteiger partial charge is 0.349 e. The number of benzene rings is 3. The molecule has 7 heteroatoms. The number of aryl methyl sites for hydroxylation is 1. The monoisotopic (exact) mass is 430 g/mol. The third kappa shape index (κ3) is 4.40. The first-order valence-corrected chi connectivity index (χ1v) is 9.82. The number of rotatable bonds is 5. The van der Waals surface area contributed by atoms with Crippen LogP contribution in [0.25, 0.3) is 0 Å². The van der Waals surface area contributed by atoms with Crippen LogP contribution in [0.2, 0.25) is 0 Å². The van der Waals surface area contributed by atoms with E-state index >= 15 is 0 Å². The highest BCUT2D eigenvalue weighted by Crippen LogP contribution is 2.43. The second kappa shape index (κ2) is 8.82. The van der Waals surface area contributed by atoms with Crippen LogP contribution in [0.1, 0.15) is 22.6 Å². The molecule has 3 aromatic rings. The van der Waals surface area contributed by atoms with Crippen LogP contribution in [0.15, 0.2) is 78.2 Å². The Bertz CT molecular complexity index is 1250. The van der Waals surface area contributed by atoms with Crippen molar-refractivity contribution in [3.63, 3.8) is 0 Å². The Morgan fingerprint density at radius 3 is 2.62 bits per heavy atom. The average molecular weight is 430 g/mol. The minimum atomic E-state index is -0.585. The Morgan fingerprint density at radius 2 is 1.91 bits per heavy atom. The van der Waals surface area contributed by atoms with Crippen LogP contribution < -0.4 is 19.9 Å². The fourth-order valence-electron chi connectivity index (χ4n) is 3.51. The number of nitrogens with zero attached hydrogens (tertiary/aromatic N) is 1. The van der Waals surface area contributed by atoms with Crippen LogP contribution >= 0.6 is 0 Å². The minimum absolute atomic E-state index is 0.0550. The standard InChI is InChI=1S/C25H19FN2O4/c1-15-3-2-4-18(11-15)30-14-23(29)31-19-9-10-20-22(12-19)32-25(28)21(13-27)24(20)16-5-7-17(26)8-6-16/h2-12,24H,14,28H2,1H3. The summed E-state index contributed by atoms with van der Waals surface area (Å²) >= 11 is 0. The van der Waals surface area contributed by atoms with Crippen molar-refractivity contribution >= 4 is 5.97 Å². The molecular weight excluding hydrogens is 411 g/mol. The number of nitriles is 1. The SMILES string of the molecule is Cc1cccc(OCC(=O)Oc2ccc3c(c2)OC(N)=C(C#N)C3c2ccc(F)cc2)c1. The van der Waals surface area contributed by atoms with Crippen molar-refractivity contribution in [1.29, 1.82) is 5.26 Å². The van der Waals surface area contributed by atoms with E-state index in [-0.39, 0.29) is 29.6 Å². The molecule has 0 radical (unpaired) electrons. The molecule has 1 aliphatic rings. The maximum absolute atomic E-state index is 13.4. The summed E-state index contributed by atoms with van der Waals surface area (Å²) in [6, 6.07) is 20.0. The molecule has 0 saturated carbocycles. The summed E-state index contributed by atoms with van der Waals surface area (Å²) in [6.45, 7) is 1.66. The molecule has 4 rings (SSSR count). The molecule has 0 bridgehead atoms. The predicted octanol–water partition coefficient (Wildman–Crippen LogP) is 4.34. The number of hydrogen-bond donors (Lipinski definition) is 1. The number of ether oxygens (including phenoxy) is 3. The predicted molar refractivity (Wildman–Crippen MR) is 114 cm³/mol. The Morgan fingerprint density at radius 1 is 1.12 bits per heavy atom. The first-order chi connectivity index (χ1) is 15.4. The number of allylic oxidation sites excluding steroid dienone is 1. The van der Waals surface area contributed by atoms with Crippen LogP contribution in [-0.2, 0) is 4.79 Å². The highest BCUT2D eigenvalue weighted by molar-refractivity contribution is 5.74. The average Bonchev–Trinajstić information content (AvgIpc) is 2.77. The van der Waals surface area contributed by atoms with Crippen molar-refractivity contribution in [3.05, 3.63) is 101 Å². The molecule has 0 spiro atoms. The largest absolute Gasteiger partial charge is 0.482 e. The van der Waals surface area contributed by atoms with Crippen LogP contribution in [0.4, 0.5) is 4.39 Å². The van der Waals surface area contributed by atoms with E-state index in [1.165, 1.54) is 18.2 Å². The number of halogens is 1. The number of hydrogen-bond acceptors (Lipinski definition) is 6. The summed E-state index contributed by atoms with van der Waals surface area (Å²) in [5.41, 5.74) is 8.55. The van der Waals surface area contributed by atoms with Crippen LogP contribution in [0.5, 0.6) is 17.2 Å². The van der Waals surface area contributed by atoms with E-state index in [9.17, 15) is 14.4 Å². The Kier molecular flexibility index (Phi) is 5.77. The quantitative estimate of drug-likeness (QED) is 0.478. The first-order valence-electron chi connectivity index (χ1n) is 9.82. The second-order valence-corrected chi connectivity index (χ2v) is 7.26. The van der Waals surface area contributed by atoms with Gasteiger partial charge >= 0.3 is 5.97 Å². The third-order valence-corrected chi connectivity index (χ3v) is 4.97. The fourth-order valence-corrected chi connectivity index (χ4v) is 3.51. The Labute approximate surface area is 184 Å². The zero-order valence-corrected chi connectivity index (χ0v) is 17.2. The molecule has 160 valence electrons. The number of carbonyl (C=O) groups is 1. The van der Waals surface area contributed by atoms with E-state index in [1.807, 2.05) is 25.1 Å². The van der Waals surface area contributed by atoms with Gasteiger partial charge in [0.05, 0.1) is 5.92 Å². The van der Waals surface area contributed by atoms with Crippen molar-refractivity contribution in [3.8, 4) is 23.3 Å². The van der Waals surface area contributed by atoms with Crippen LogP contribution in [0.3, 0.4) is 0 Å². The lowest BCUT2D eigenvalue weighted by molar-refractivity contribution is -0.136. The van der Waals surface area contributed by atoms with Gasteiger partial charge in [0, 0.05) is 11.6 Å². The highest BCUT2D eigenvalue weighted by Gasteiger charge is 2.31. The van der Waals surface area contributed by atoms with Gasteiger partial charge in [-0.05, 0) is 48.4 Å². The molecule has 0 amide bonds. The molecular formula is C25H19FN2O4. The van der Waals surface area contributed by atoms with Crippen molar-refractivity contribution in [2.24, 2.45) is 5.73 Å². The van der Waals surface area contributed by atoms with Gasteiger partial charge in [0.2, 0.25) is 5.88 Å². The molecule has 0 aliphatic carbocycles. The van der Waals surface area contributed by atoms with Gasteiger partial charge in [0.15, 0.2) is 6.61 Å². The normalized spacial score (nSPS) is 14.7. The third-order valence-electron chi connectivity index (χ3n) is 4.97. The molecule has 1 atom stereocenters. The fraction of sp³-hybridized carbons (Fsp3) is 0.120. The second-order valence-electron chi connectivity index (χ2n) is 7.26. The minimum Gasteiger partial charge on any atom is -0.482 e. The van der Waals surface area contributed by atoms with Gasteiger partial charge in [0.25, 0.3) is 0 Å². The number of esters is 1. The summed E-state index contributed by atoms with van der Waals surface area (Å²) in [5, 5.41) is 9.59. The zero-order valence-electron chi connectivity index (χ0n) is 17.2. The summed E-state index contributed by atoms with van der Waals surface area (Å²) < 4.78 is 29.8. The van der Waals surface area contributed by atoms with Crippen LogP contribution in [-0.4, -0.2) is 12.6 Å². The maximum atomic E-state index is 13.4. The van der Waals surface area contributed by atoms with Gasteiger partial charge < -0.3 is 19.9 Å². The summed E-state index contributed by atoms with van der Waals surface area (Å²) in [6.07, 6.45) is 0. The summed E-state index contributed by atoms with van der Waals surface area (Å²) in [5.74, 6) is -0.391. The lowest BCUT2D eigenvalue weighted by Crippen LogP contribution is -2.21. The number of nitrogens with two attached hydrogens (primary N) is 1. The van der Waals surface area contributed by atoms with Crippen molar-refractivity contribution in [2.45, 2.75) is 12.8 Å². The van der Waals surface area contributed by atoms with Crippen molar-refractivity contribution < 1.29 is 23.4 Å². The van der Waals surface area contributed by atoms with Gasteiger partial charge in [-0.1, -0.05) is 30.3 Å². The molecule has 0 fully saturated rings. The Hall–Kier alpha value is -4.31. The maximum Gasteiger partial charge on any atom is 0.349 e. The van der Waals surface area contributed by atoms with Crippen LogP contribution in [0, 0.1) is 24.1 Å². The molecule has 1 unspecified atom stereocenters. The lowest BCUT2D eigenvalue weighted by atomic mass is 9.83. The Balaban J connectivity index is 1.54. The highest BCUT2D eigenvalue weighted by atomic mass is 19.1. The number of carbonyl (C=O) groups excluding carboxylic acids is 1. The van der Waals surface area contributed by atoms with E-state index < -0.39 is 11.9 Å². The zero-order chi connectivity index (χ0) is 22.7. The summed E-state index contributed by atoms with van der Waals surface area (Å²) in [7, 11) is 0. The van der Waals surface area contributed by atoms with E-state index in [0.717, 1.165) is 5.56 Å². The van der Waals surface area contributed by atoms with Crippen molar-refractivity contribution in [1.82, 2.24) is 0 Å². The lowest BCUT2D eigenvalue weighted by Gasteiger charge is -2.26. The van der Waals surface area contributed by atoms with Gasteiger partial charge in [-0.25, -0.2) is 9.18 Å². The van der Waals surface area contributed by atoms with E-state index in [4.69, 9.17) is 19.9 Å². The summed E-state index contributed by atoms with van der Waals surface area (Å²) in [4.78, 5) is 12.2.